The molecule has 1 amide bonds. The molecule has 5 rings (SSSR count). The first kappa shape index (κ1) is 25.5. The number of carbonyl (C=O) groups is 1. The van der Waals surface area contributed by atoms with Crippen LogP contribution in [0.4, 0.5) is 5.95 Å². The van der Waals surface area contributed by atoms with E-state index in [-0.39, 0.29) is 27.3 Å². The minimum absolute atomic E-state index is 0.212. The lowest BCUT2D eigenvalue weighted by molar-refractivity contribution is -0.121. The van der Waals surface area contributed by atoms with E-state index >= 15 is 0 Å². The number of aryl methyl sites for hydroxylation is 3. The molecule has 0 bridgehead atoms. The normalized spacial score (nSPS) is 14.6. The lowest BCUT2D eigenvalue weighted by atomic mass is 10.1. The van der Waals surface area contributed by atoms with Crippen molar-refractivity contribution in [3.8, 4) is 5.75 Å². The second-order valence-electron chi connectivity index (χ2n) is 8.57. The van der Waals surface area contributed by atoms with Crippen LogP contribution >= 0.6 is 24.0 Å². The van der Waals surface area contributed by atoms with Gasteiger partial charge in [-0.25, -0.2) is 4.79 Å². The zero-order valence-corrected chi connectivity index (χ0v) is 22.5. The van der Waals surface area contributed by atoms with Crippen molar-refractivity contribution in [1.82, 2.24) is 23.7 Å². The number of methoxy groups -OCH3 is 1. The second kappa shape index (κ2) is 10.3. The van der Waals surface area contributed by atoms with Crippen LogP contribution in [0.15, 0.2) is 69.1 Å². The Morgan fingerprint density at radius 1 is 1.03 bits per heavy atom. The van der Waals surface area contributed by atoms with Gasteiger partial charge in [0.1, 0.15) is 5.75 Å². The predicted molar refractivity (Wildman–Crippen MR) is 152 cm³/mol. The van der Waals surface area contributed by atoms with Gasteiger partial charge in [0.2, 0.25) is 5.95 Å². The summed E-state index contributed by atoms with van der Waals surface area (Å²) < 4.78 is 9.72. The number of nitrogens with zero attached hydrogens (tertiary/aromatic N) is 5. The van der Waals surface area contributed by atoms with Crippen LogP contribution in [0.2, 0.25) is 0 Å². The van der Waals surface area contributed by atoms with Gasteiger partial charge < -0.3 is 9.30 Å². The molecule has 10 nitrogen and oxygen atoms in total. The third-order valence-corrected chi connectivity index (χ3v) is 7.55. The van der Waals surface area contributed by atoms with Crippen LogP contribution in [0.3, 0.4) is 0 Å². The van der Waals surface area contributed by atoms with Crippen LogP contribution in [0, 0.1) is 0 Å². The molecule has 0 saturated carbocycles. The maximum atomic E-state index is 13.4. The zero-order valence-electron chi connectivity index (χ0n) is 20.9. The number of nitrogens with one attached hydrogen (secondary N) is 1. The quantitative estimate of drug-likeness (QED) is 0.278. The average molecular weight is 549 g/mol. The first-order valence-electron chi connectivity index (χ1n) is 11.7. The minimum atomic E-state index is -0.493. The van der Waals surface area contributed by atoms with E-state index in [0.717, 1.165) is 27.5 Å². The Hall–Kier alpha value is -4.16. The number of anilines is 1. The molecule has 194 valence electrons. The number of thioether (sulfide) groups is 1. The van der Waals surface area contributed by atoms with E-state index in [1.165, 1.54) is 16.6 Å². The van der Waals surface area contributed by atoms with E-state index in [2.05, 4.69) is 10.4 Å². The molecule has 2 aromatic carbocycles. The van der Waals surface area contributed by atoms with Gasteiger partial charge in [0.15, 0.2) is 15.5 Å². The van der Waals surface area contributed by atoms with Crippen LogP contribution in [0.1, 0.15) is 11.1 Å². The summed E-state index contributed by atoms with van der Waals surface area (Å²) in [5.74, 6) is 0.489. The predicted octanol–water partition coefficient (Wildman–Crippen LogP) is 2.91. The zero-order chi connectivity index (χ0) is 27.0. The van der Waals surface area contributed by atoms with Gasteiger partial charge in [0.05, 0.1) is 12.0 Å². The first-order valence-corrected chi connectivity index (χ1v) is 12.9. The largest absolute Gasteiger partial charge is 0.496 e. The molecule has 2 aromatic heterocycles. The Morgan fingerprint density at radius 3 is 2.47 bits per heavy atom. The van der Waals surface area contributed by atoms with Gasteiger partial charge in [-0.05, 0) is 36.3 Å². The maximum absolute atomic E-state index is 13.4. The lowest BCUT2D eigenvalue weighted by Gasteiger charge is -2.17. The first-order chi connectivity index (χ1) is 18.3. The van der Waals surface area contributed by atoms with Gasteiger partial charge in [-0.2, -0.15) is 9.99 Å². The number of hydrazine groups is 1. The van der Waals surface area contributed by atoms with Crippen LogP contribution < -0.4 is 21.4 Å². The van der Waals surface area contributed by atoms with Crippen molar-refractivity contribution in [2.24, 2.45) is 14.1 Å². The molecule has 12 heteroatoms. The number of imidazole rings is 1. The van der Waals surface area contributed by atoms with Crippen LogP contribution in [0.25, 0.3) is 17.2 Å². The molecule has 0 atom stereocenters. The number of rotatable bonds is 7. The molecule has 4 aromatic rings. The highest BCUT2D eigenvalue weighted by molar-refractivity contribution is 8.26. The summed E-state index contributed by atoms with van der Waals surface area (Å²) >= 11 is 6.65. The van der Waals surface area contributed by atoms with Gasteiger partial charge in [-0.15, -0.1) is 0 Å². The monoisotopic (exact) mass is 548 g/mol. The maximum Gasteiger partial charge on any atom is 0.332 e. The molecular weight excluding hydrogens is 524 g/mol. The van der Waals surface area contributed by atoms with Crippen molar-refractivity contribution in [2.75, 3.05) is 12.5 Å². The summed E-state index contributed by atoms with van der Waals surface area (Å²) in [6.07, 6.45) is 2.32. The van der Waals surface area contributed by atoms with Gasteiger partial charge >= 0.3 is 5.69 Å². The highest BCUT2D eigenvalue weighted by atomic mass is 32.2. The van der Waals surface area contributed by atoms with E-state index in [1.807, 2.05) is 54.6 Å². The summed E-state index contributed by atoms with van der Waals surface area (Å²) in [4.78, 5) is 44.0. The summed E-state index contributed by atoms with van der Waals surface area (Å²) in [6.45, 7) is 0.377. The molecule has 1 N–H and O–H groups in total. The summed E-state index contributed by atoms with van der Waals surface area (Å²) in [5, 5.41) is 1.23. The number of carbonyl (C=O) groups excluding carboxylic acids is 1. The summed E-state index contributed by atoms with van der Waals surface area (Å²) in [5.41, 5.74) is 4.31. The molecule has 0 unspecified atom stereocenters. The second-order valence-corrected chi connectivity index (χ2v) is 10.2. The Kier molecular flexibility index (Phi) is 6.91. The molecule has 1 saturated heterocycles. The van der Waals surface area contributed by atoms with E-state index in [4.69, 9.17) is 17.0 Å². The fourth-order valence-electron chi connectivity index (χ4n) is 4.23. The number of hydrogen-bond donors (Lipinski definition) is 1. The van der Waals surface area contributed by atoms with Crippen molar-refractivity contribution in [3.05, 3.63) is 91.5 Å². The Balaban J connectivity index is 1.54. The summed E-state index contributed by atoms with van der Waals surface area (Å²) in [7, 11) is 4.55. The standard InChI is InChI=1S/C26H24N6O4S2/c1-29-21-20(23(34)30(2)25(29)35)31(14-13-16-9-5-4-6-10-16)24(27-21)28-32-22(33)19(38-26(32)37)15-17-11-7-8-12-18(17)36-3/h4-12,15H,13-14H2,1-3H3,(H,27,28). The number of hydrogen-bond acceptors (Lipinski definition) is 8. The number of amides is 1. The average Bonchev–Trinajstić information content (AvgIpc) is 3.42. The van der Waals surface area contributed by atoms with Crippen LogP contribution in [0.5, 0.6) is 5.75 Å². The van der Waals surface area contributed by atoms with Gasteiger partial charge in [0.25, 0.3) is 11.5 Å². The van der Waals surface area contributed by atoms with Crippen LogP contribution in [-0.2, 0) is 31.9 Å². The SMILES string of the molecule is COc1ccccc1C=C1SC(=S)N(Nc2nc3c(c(=O)n(C)c(=O)n3C)n2CCc2ccccc2)C1=O. The third kappa shape index (κ3) is 4.52. The number of benzene rings is 2. The van der Waals surface area contributed by atoms with Crippen molar-refractivity contribution < 1.29 is 9.53 Å². The van der Waals surface area contributed by atoms with E-state index < -0.39 is 11.2 Å². The highest BCUT2D eigenvalue weighted by Gasteiger charge is 2.34. The van der Waals surface area contributed by atoms with Crippen LogP contribution in [-0.4, -0.2) is 41.0 Å². The number of thiocarbonyl (C=S) groups is 1. The molecule has 0 radical (unpaired) electrons. The number of para-hydroxylation sites is 1. The lowest BCUT2D eigenvalue weighted by Crippen LogP contribution is -2.37. The molecule has 1 aliphatic heterocycles. The van der Waals surface area contributed by atoms with Crippen molar-refractivity contribution in [3.63, 3.8) is 0 Å². The molecule has 0 aliphatic carbocycles. The molecule has 38 heavy (non-hydrogen) atoms. The Morgan fingerprint density at radius 2 is 1.74 bits per heavy atom. The van der Waals surface area contributed by atoms with Crippen molar-refractivity contribution >= 4 is 57.4 Å². The fourth-order valence-corrected chi connectivity index (χ4v) is 5.40. The third-order valence-electron chi connectivity index (χ3n) is 6.25. The smallest absolute Gasteiger partial charge is 0.332 e. The number of aromatic nitrogens is 4. The molecule has 0 spiro atoms. The number of fused-ring (bicyclic) bond motifs is 1. The fraction of sp³-hybridized carbons (Fsp3) is 0.192. The molecule has 1 aliphatic rings. The van der Waals surface area contributed by atoms with Crippen molar-refractivity contribution in [2.45, 2.75) is 13.0 Å². The van der Waals surface area contributed by atoms with Gasteiger partial charge in [-0.3, -0.25) is 24.1 Å². The minimum Gasteiger partial charge on any atom is -0.496 e. The summed E-state index contributed by atoms with van der Waals surface area (Å²) in [6, 6.07) is 17.2. The van der Waals surface area contributed by atoms with E-state index in [9.17, 15) is 14.4 Å². The molecule has 3 heterocycles. The molecule has 1 fully saturated rings. The highest BCUT2D eigenvalue weighted by Crippen LogP contribution is 2.34. The number of ether oxygens (including phenoxy) is 1. The Bertz CT molecular complexity index is 1720. The van der Waals surface area contributed by atoms with Gasteiger partial charge in [0, 0.05) is 26.2 Å². The topological polar surface area (TPSA) is 103 Å². The molecular formula is C26H24N6O4S2. The van der Waals surface area contributed by atoms with E-state index in [0.29, 0.717) is 23.6 Å². The van der Waals surface area contributed by atoms with E-state index in [1.54, 1.807) is 24.8 Å². The van der Waals surface area contributed by atoms with Gasteiger partial charge in [-0.1, -0.05) is 60.3 Å². The Labute approximate surface area is 227 Å². The van der Waals surface area contributed by atoms with Crippen molar-refractivity contribution in [1.29, 1.82) is 0 Å².